The summed E-state index contributed by atoms with van der Waals surface area (Å²) in [6.45, 7) is 5.60. The smallest absolute Gasteiger partial charge is 0.0945 e. The molecule has 2 rings (SSSR count). The lowest BCUT2D eigenvalue weighted by atomic mass is 9.93. The minimum Gasteiger partial charge on any atom is -0.387 e. The Labute approximate surface area is 124 Å². The SMILES string of the molecule is C=CCN1CCCC[C@H]1C(O)c1ccc(Cl)c(Cl)c1. The second kappa shape index (κ2) is 6.76. The van der Waals surface area contributed by atoms with Crippen molar-refractivity contribution >= 4 is 23.2 Å². The number of rotatable bonds is 4. The monoisotopic (exact) mass is 299 g/mol. The topological polar surface area (TPSA) is 23.5 Å². The number of likely N-dealkylation sites (tertiary alicyclic amines) is 1. The number of aliphatic hydroxyl groups excluding tert-OH is 1. The molecule has 0 amide bonds. The van der Waals surface area contributed by atoms with E-state index in [9.17, 15) is 5.11 Å². The third-order valence-electron chi connectivity index (χ3n) is 3.68. The third kappa shape index (κ3) is 3.51. The summed E-state index contributed by atoms with van der Waals surface area (Å²) in [6.07, 6.45) is 4.68. The first kappa shape index (κ1) is 14.9. The summed E-state index contributed by atoms with van der Waals surface area (Å²) in [7, 11) is 0. The van der Waals surface area contributed by atoms with Gasteiger partial charge in [-0.1, -0.05) is 41.8 Å². The van der Waals surface area contributed by atoms with Crippen LogP contribution in [0.1, 0.15) is 30.9 Å². The maximum Gasteiger partial charge on any atom is 0.0945 e. The Balaban J connectivity index is 2.17. The molecule has 0 radical (unpaired) electrons. The van der Waals surface area contributed by atoms with Crippen molar-refractivity contribution in [1.82, 2.24) is 4.90 Å². The number of aliphatic hydroxyl groups is 1. The Kier molecular flexibility index (Phi) is 5.28. The van der Waals surface area contributed by atoms with Gasteiger partial charge in [-0.25, -0.2) is 0 Å². The van der Waals surface area contributed by atoms with Crippen molar-refractivity contribution in [3.05, 3.63) is 46.5 Å². The zero-order valence-electron chi connectivity index (χ0n) is 10.9. The van der Waals surface area contributed by atoms with Gasteiger partial charge in [0, 0.05) is 12.6 Å². The zero-order chi connectivity index (χ0) is 13.8. The molecule has 19 heavy (non-hydrogen) atoms. The van der Waals surface area contributed by atoms with Crippen LogP contribution in [0.5, 0.6) is 0 Å². The van der Waals surface area contributed by atoms with Crippen molar-refractivity contribution in [3.8, 4) is 0 Å². The predicted molar refractivity (Wildman–Crippen MR) is 80.8 cm³/mol. The first-order chi connectivity index (χ1) is 9.13. The fourth-order valence-electron chi connectivity index (χ4n) is 2.69. The maximum absolute atomic E-state index is 10.6. The minimum atomic E-state index is -0.532. The van der Waals surface area contributed by atoms with E-state index in [1.165, 1.54) is 6.42 Å². The van der Waals surface area contributed by atoms with Gasteiger partial charge in [0.1, 0.15) is 0 Å². The van der Waals surface area contributed by atoms with Crippen molar-refractivity contribution in [2.45, 2.75) is 31.4 Å². The number of hydrogen-bond donors (Lipinski definition) is 1. The molecule has 0 bridgehead atoms. The first-order valence-electron chi connectivity index (χ1n) is 6.61. The molecule has 1 aliphatic heterocycles. The van der Waals surface area contributed by atoms with Crippen molar-refractivity contribution in [2.75, 3.05) is 13.1 Å². The standard InChI is InChI=1S/C15H19Cl2NO/c1-2-8-18-9-4-3-5-14(18)15(19)11-6-7-12(16)13(17)10-11/h2,6-7,10,14-15,19H,1,3-5,8-9H2/t14-,15?/m0/s1. The van der Waals surface area contributed by atoms with Crippen LogP contribution in [0.2, 0.25) is 10.0 Å². The lowest BCUT2D eigenvalue weighted by Gasteiger charge is -2.38. The molecule has 2 atom stereocenters. The van der Waals surface area contributed by atoms with Crippen molar-refractivity contribution in [1.29, 1.82) is 0 Å². The minimum absolute atomic E-state index is 0.129. The molecule has 2 nitrogen and oxygen atoms in total. The van der Waals surface area contributed by atoms with Gasteiger partial charge in [-0.3, -0.25) is 4.90 Å². The second-order valence-corrected chi connectivity index (χ2v) is 5.78. The van der Waals surface area contributed by atoms with E-state index in [1.54, 1.807) is 12.1 Å². The van der Waals surface area contributed by atoms with Crippen LogP contribution in [-0.2, 0) is 0 Å². The highest BCUT2D eigenvalue weighted by Gasteiger charge is 2.29. The molecule has 1 N–H and O–H groups in total. The first-order valence-corrected chi connectivity index (χ1v) is 7.37. The van der Waals surface area contributed by atoms with E-state index in [-0.39, 0.29) is 6.04 Å². The van der Waals surface area contributed by atoms with Gasteiger partial charge in [-0.2, -0.15) is 0 Å². The zero-order valence-corrected chi connectivity index (χ0v) is 12.4. The highest BCUT2D eigenvalue weighted by Crippen LogP contribution is 2.31. The van der Waals surface area contributed by atoms with Gasteiger partial charge in [-0.05, 0) is 37.1 Å². The highest BCUT2D eigenvalue weighted by atomic mass is 35.5. The summed E-state index contributed by atoms with van der Waals surface area (Å²) in [6, 6.07) is 5.47. The highest BCUT2D eigenvalue weighted by molar-refractivity contribution is 6.42. The van der Waals surface area contributed by atoms with E-state index in [2.05, 4.69) is 11.5 Å². The molecule has 0 spiro atoms. The van der Waals surface area contributed by atoms with Gasteiger partial charge in [0.05, 0.1) is 16.1 Å². The molecule has 1 aromatic rings. The summed E-state index contributed by atoms with van der Waals surface area (Å²) in [5.74, 6) is 0. The molecule has 0 saturated carbocycles. The molecule has 0 aromatic heterocycles. The average molecular weight is 300 g/mol. The van der Waals surface area contributed by atoms with Gasteiger partial charge in [0.2, 0.25) is 0 Å². The Morgan fingerprint density at radius 1 is 1.37 bits per heavy atom. The maximum atomic E-state index is 10.6. The third-order valence-corrected chi connectivity index (χ3v) is 4.42. The van der Waals surface area contributed by atoms with Crippen LogP contribution in [0.3, 0.4) is 0 Å². The average Bonchev–Trinajstić information content (AvgIpc) is 2.42. The van der Waals surface area contributed by atoms with Crippen molar-refractivity contribution < 1.29 is 5.11 Å². The molecular formula is C15H19Cl2NO. The van der Waals surface area contributed by atoms with Gasteiger partial charge < -0.3 is 5.11 Å². The van der Waals surface area contributed by atoms with E-state index < -0.39 is 6.10 Å². The van der Waals surface area contributed by atoms with Crippen LogP contribution < -0.4 is 0 Å². The fraction of sp³-hybridized carbons (Fsp3) is 0.467. The van der Waals surface area contributed by atoms with Crippen molar-refractivity contribution in [3.63, 3.8) is 0 Å². The number of halogens is 2. The predicted octanol–water partition coefficient (Wildman–Crippen LogP) is 4.07. The van der Waals surface area contributed by atoms with Crippen LogP contribution in [0.4, 0.5) is 0 Å². The van der Waals surface area contributed by atoms with Crippen LogP contribution >= 0.6 is 23.2 Å². The largest absolute Gasteiger partial charge is 0.387 e. The lowest BCUT2D eigenvalue weighted by molar-refractivity contribution is 0.0317. The molecule has 1 fully saturated rings. The molecule has 0 aliphatic carbocycles. The molecule has 1 saturated heterocycles. The normalized spacial score (nSPS) is 22.2. The molecule has 1 unspecified atom stereocenters. The van der Waals surface area contributed by atoms with Crippen LogP contribution in [-0.4, -0.2) is 29.1 Å². The Hall–Kier alpha value is -0.540. The van der Waals surface area contributed by atoms with E-state index in [1.807, 2.05) is 12.1 Å². The lowest BCUT2D eigenvalue weighted by Crippen LogP contribution is -2.43. The van der Waals surface area contributed by atoms with E-state index in [0.717, 1.165) is 31.5 Å². The number of benzene rings is 1. The Bertz CT molecular complexity index is 450. The van der Waals surface area contributed by atoms with Crippen LogP contribution in [0.25, 0.3) is 0 Å². The van der Waals surface area contributed by atoms with Crippen LogP contribution in [0, 0.1) is 0 Å². The quantitative estimate of drug-likeness (QED) is 0.847. The molecule has 1 heterocycles. The van der Waals surface area contributed by atoms with Gasteiger partial charge in [0.15, 0.2) is 0 Å². The molecule has 1 aliphatic rings. The summed E-state index contributed by atoms with van der Waals surface area (Å²) in [5, 5.41) is 11.6. The number of nitrogens with zero attached hydrogens (tertiary/aromatic N) is 1. The van der Waals surface area contributed by atoms with Crippen LogP contribution in [0.15, 0.2) is 30.9 Å². The molecule has 1 aromatic carbocycles. The Morgan fingerprint density at radius 2 is 2.16 bits per heavy atom. The van der Waals surface area contributed by atoms with Gasteiger partial charge in [0.25, 0.3) is 0 Å². The molecular weight excluding hydrogens is 281 g/mol. The van der Waals surface area contributed by atoms with E-state index in [0.29, 0.717) is 10.0 Å². The van der Waals surface area contributed by atoms with E-state index in [4.69, 9.17) is 23.2 Å². The fourth-order valence-corrected chi connectivity index (χ4v) is 2.99. The summed E-state index contributed by atoms with van der Waals surface area (Å²) in [4.78, 5) is 2.28. The van der Waals surface area contributed by atoms with E-state index >= 15 is 0 Å². The summed E-state index contributed by atoms with van der Waals surface area (Å²) in [5.41, 5.74) is 0.829. The van der Waals surface area contributed by atoms with Gasteiger partial charge >= 0.3 is 0 Å². The second-order valence-electron chi connectivity index (χ2n) is 4.97. The van der Waals surface area contributed by atoms with Crippen molar-refractivity contribution in [2.24, 2.45) is 0 Å². The number of hydrogen-bond acceptors (Lipinski definition) is 2. The summed E-state index contributed by atoms with van der Waals surface area (Å²) >= 11 is 11.9. The summed E-state index contributed by atoms with van der Waals surface area (Å²) < 4.78 is 0. The van der Waals surface area contributed by atoms with Gasteiger partial charge in [-0.15, -0.1) is 6.58 Å². The molecule has 4 heteroatoms. The Morgan fingerprint density at radius 3 is 2.84 bits per heavy atom. The molecule has 104 valence electrons. The number of piperidine rings is 1.